The minimum absolute atomic E-state index is 0.00576. The summed E-state index contributed by atoms with van der Waals surface area (Å²) >= 11 is 0. The van der Waals surface area contributed by atoms with Crippen molar-refractivity contribution in [2.75, 3.05) is 22.6 Å². The van der Waals surface area contributed by atoms with Gasteiger partial charge in [0.15, 0.2) is 0 Å². The largest absolute Gasteiger partial charge is 0.439 e. The van der Waals surface area contributed by atoms with E-state index in [1.54, 1.807) is 13.0 Å². The number of rotatable bonds is 5. The predicted octanol–water partition coefficient (Wildman–Crippen LogP) is 3.18. The van der Waals surface area contributed by atoms with E-state index in [0.29, 0.717) is 22.0 Å². The zero-order valence-electron chi connectivity index (χ0n) is 17.2. The van der Waals surface area contributed by atoms with E-state index in [9.17, 15) is 29.3 Å². The molecule has 2 aromatic carbocycles. The van der Waals surface area contributed by atoms with Gasteiger partial charge >= 0.3 is 12.1 Å². The Balaban J connectivity index is 1.59. The number of aryl methyl sites for hydroxylation is 1. The summed E-state index contributed by atoms with van der Waals surface area (Å²) < 4.78 is 0. The number of carbonyl (C=O) groups is 4. The first kappa shape index (κ1) is 22.2. The molecule has 5 amide bonds. The fourth-order valence-corrected chi connectivity index (χ4v) is 2.85. The minimum atomic E-state index is -0.923. The SMILES string of the molecule is Cc1ccc(NC(=O)Nc2ccc(N(C)C(=O)ON3C(=O)CCC3=O)cc2)cc1[N+](=O)[O-]. The quantitative estimate of drug-likeness (QED) is 0.411. The topological polar surface area (TPSA) is 151 Å². The fourth-order valence-electron chi connectivity index (χ4n) is 2.85. The number of hydrogen-bond acceptors (Lipinski definition) is 7. The number of anilines is 3. The number of nitro benzene ring substituents is 1. The van der Waals surface area contributed by atoms with Crippen molar-refractivity contribution in [3.8, 4) is 0 Å². The van der Waals surface area contributed by atoms with Crippen LogP contribution in [0, 0.1) is 17.0 Å². The molecule has 1 saturated heterocycles. The second kappa shape index (κ2) is 9.12. The fraction of sp³-hybridized carbons (Fsp3) is 0.200. The number of benzene rings is 2. The monoisotopic (exact) mass is 441 g/mol. The van der Waals surface area contributed by atoms with Crippen molar-refractivity contribution in [1.29, 1.82) is 0 Å². The summed E-state index contributed by atoms with van der Waals surface area (Å²) in [4.78, 5) is 63.9. The average molecular weight is 441 g/mol. The molecule has 0 aliphatic carbocycles. The van der Waals surface area contributed by atoms with Gasteiger partial charge in [0.2, 0.25) is 0 Å². The average Bonchev–Trinajstić information content (AvgIpc) is 3.06. The normalized spacial score (nSPS) is 13.0. The molecule has 166 valence electrons. The van der Waals surface area contributed by atoms with Crippen molar-refractivity contribution < 1.29 is 28.9 Å². The van der Waals surface area contributed by atoms with Crippen LogP contribution in [0.5, 0.6) is 0 Å². The van der Waals surface area contributed by atoms with E-state index in [1.165, 1.54) is 43.4 Å². The molecule has 1 aliphatic heterocycles. The van der Waals surface area contributed by atoms with E-state index >= 15 is 0 Å². The second-order valence-electron chi connectivity index (χ2n) is 6.88. The molecule has 1 heterocycles. The Morgan fingerprint density at radius 3 is 2.19 bits per heavy atom. The maximum atomic E-state index is 12.2. The van der Waals surface area contributed by atoms with Gasteiger partial charge in [0.1, 0.15) is 0 Å². The molecule has 1 fully saturated rings. The Bertz CT molecular complexity index is 1080. The molecule has 0 radical (unpaired) electrons. The lowest BCUT2D eigenvalue weighted by molar-refractivity contribution is -0.385. The van der Waals surface area contributed by atoms with E-state index in [1.807, 2.05) is 0 Å². The summed E-state index contributed by atoms with van der Waals surface area (Å²) in [6, 6.07) is 9.78. The van der Waals surface area contributed by atoms with Gasteiger partial charge in [-0.25, -0.2) is 9.59 Å². The smallest absolute Gasteiger partial charge is 0.310 e. The molecule has 0 atom stereocenters. The molecule has 0 saturated carbocycles. The first-order valence-electron chi connectivity index (χ1n) is 9.40. The summed E-state index contributed by atoms with van der Waals surface area (Å²) in [5.41, 5.74) is 1.38. The van der Waals surface area contributed by atoms with Crippen LogP contribution in [-0.4, -0.2) is 41.0 Å². The highest BCUT2D eigenvalue weighted by Crippen LogP contribution is 2.23. The van der Waals surface area contributed by atoms with Gasteiger partial charge in [0.25, 0.3) is 17.5 Å². The molecule has 0 unspecified atom stereocenters. The van der Waals surface area contributed by atoms with Gasteiger partial charge in [-0.2, -0.15) is 0 Å². The summed E-state index contributed by atoms with van der Waals surface area (Å²) in [6.45, 7) is 1.59. The van der Waals surface area contributed by atoms with Crippen LogP contribution in [0.3, 0.4) is 0 Å². The lowest BCUT2D eigenvalue weighted by Gasteiger charge is -2.20. The first-order valence-corrected chi connectivity index (χ1v) is 9.40. The molecule has 12 nitrogen and oxygen atoms in total. The lowest BCUT2D eigenvalue weighted by Crippen LogP contribution is -2.38. The molecular weight excluding hydrogens is 422 g/mol. The van der Waals surface area contributed by atoms with Crippen LogP contribution in [0.25, 0.3) is 0 Å². The molecule has 0 spiro atoms. The maximum absolute atomic E-state index is 12.2. The standard InChI is InChI=1S/C20H19N5O7/c1-12-3-4-14(11-16(12)25(30)31)22-19(28)21-13-5-7-15(8-6-13)23(2)20(29)32-24-17(26)9-10-18(24)27/h3-8,11H,9-10H2,1-2H3,(H2,21,22,28). The molecule has 32 heavy (non-hydrogen) atoms. The highest BCUT2D eigenvalue weighted by Gasteiger charge is 2.33. The molecule has 3 rings (SSSR count). The second-order valence-corrected chi connectivity index (χ2v) is 6.88. The maximum Gasteiger partial charge on any atom is 0.439 e. The number of nitro groups is 1. The number of nitrogens with one attached hydrogen (secondary N) is 2. The summed E-state index contributed by atoms with van der Waals surface area (Å²) in [7, 11) is 1.40. The van der Waals surface area contributed by atoms with Crippen molar-refractivity contribution in [3.05, 3.63) is 58.1 Å². The lowest BCUT2D eigenvalue weighted by atomic mass is 10.2. The Kier molecular flexibility index (Phi) is 6.33. The molecule has 2 N–H and O–H groups in total. The highest BCUT2D eigenvalue weighted by molar-refractivity contribution is 6.02. The van der Waals surface area contributed by atoms with E-state index in [-0.39, 0.29) is 24.2 Å². The molecule has 0 aromatic heterocycles. The number of carbonyl (C=O) groups excluding carboxylic acids is 4. The molecule has 12 heteroatoms. The molecule has 2 aromatic rings. The van der Waals surface area contributed by atoms with Crippen LogP contribution >= 0.6 is 0 Å². The zero-order valence-corrected chi connectivity index (χ0v) is 17.2. The number of imide groups is 1. The minimum Gasteiger partial charge on any atom is -0.310 e. The van der Waals surface area contributed by atoms with Crippen LogP contribution in [0.15, 0.2) is 42.5 Å². The van der Waals surface area contributed by atoms with Crippen molar-refractivity contribution in [1.82, 2.24) is 5.06 Å². The van der Waals surface area contributed by atoms with E-state index < -0.39 is 28.9 Å². The van der Waals surface area contributed by atoms with Crippen molar-refractivity contribution in [2.24, 2.45) is 0 Å². The van der Waals surface area contributed by atoms with Crippen molar-refractivity contribution >= 4 is 46.7 Å². The van der Waals surface area contributed by atoms with Crippen LogP contribution in [-0.2, 0) is 14.4 Å². The van der Waals surface area contributed by atoms with Gasteiger partial charge in [-0.3, -0.25) is 24.6 Å². The summed E-state index contributed by atoms with van der Waals surface area (Å²) in [5.74, 6) is -1.16. The van der Waals surface area contributed by atoms with Gasteiger partial charge in [-0.05, 0) is 37.3 Å². The zero-order chi connectivity index (χ0) is 23.4. The van der Waals surface area contributed by atoms with Gasteiger partial charge in [0.05, 0.1) is 4.92 Å². The first-order chi connectivity index (χ1) is 15.2. The number of urea groups is 1. The number of hydrogen-bond donors (Lipinski definition) is 2. The summed E-state index contributed by atoms with van der Waals surface area (Å²) in [6.07, 6.45) is -0.935. The third-order valence-corrected chi connectivity index (χ3v) is 4.63. The predicted molar refractivity (Wildman–Crippen MR) is 113 cm³/mol. The molecular formula is C20H19N5O7. The van der Waals surface area contributed by atoms with E-state index in [0.717, 1.165) is 4.90 Å². The Morgan fingerprint density at radius 1 is 1.03 bits per heavy atom. The Labute approximate surface area is 181 Å². The van der Waals surface area contributed by atoms with Gasteiger partial charge in [-0.1, -0.05) is 6.07 Å². The van der Waals surface area contributed by atoms with Crippen LogP contribution in [0.1, 0.15) is 18.4 Å². The molecule has 1 aliphatic rings. The van der Waals surface area contributed by atoms with Crippen LogP contribution in [0.4, 0.5) is 32.3 Å². The van der Waals surface area contributed by atoms with Crippen LogP contribution in [0.2, 0.25) is 0 Å². The number of amides is 5. The number of nitrogens with zero attached hydrogens (tertiary/aromatic N) is 3. The highest BCUT2D eigenvalue weighted by atomic mass is 16.7. The van der Waals surface area contributed by atoms with Crippen LogP contribution < -0.4 is 15.5 Å². The van der Waals surface area contributed by atoms with Crippen molar-refractivity contribution in [3.63, 3.8) is 0 Å². The summed E-state index contributed by atoms with van der Waals surface area (Å²) in [5, 5.41) is 16.5. The Morgan fingerprint density at radius 2 is 1.59 bits per heavy atom. The molecule has 0 bridgehead atoms. The van der Waals surface area contributed by atoms with Gasteiger partial charge in [-0.15, -0.1) is 5.06 Å². The van der Waals surface area contributed by atoms with Gasteiger partial charge in [0, 0.05) is 48.6 Å². The third kappa shape index (κ3) is 4.98. The Hall–Kier alpha value is -4.48. The van der Waals surface area contributed by atoms with Gasteiger partial charge < -0.3 is 15.5 Å². The van der Waals surface area contributed by atoms with Crippen molar-refractivity contribution in [2.45, 2.75) is 19.8 Å². The number of hydroxylamine groups is 2. The van der Waals surface area contributed by atoms with E-state index in [2.05, 4.69) is 10.6 Å². The van der Waals surface area contributed by atoms with E-state index in [4.69, 9.17) is 4.84 Å². The third-order valence-electron chi connectivity index (χ3n) is 4.63.